The zero-order chi connectivity index (χ0) is 17.4. The summed E-state index contributed by atoms with van der Waals surface area (Å²) in [6, 6.07) is 9.92. The van der Waals surface area contributed by atoms with E-state index in [1.807, 2.05) is 30.3 Å². The van der Waals surface area contributed by atoms with Gasteiger partial charge in [-0.3, -0.25) is 4.79 Å². The summed E-state index contributed by atoms with van der Waals surface area (Å²) >= 11 is 0. The number of amides is 1. The molecular weight excluding hydrogens is 300 g/mol. The number of carbonyl (C=O) groups is 1. The van der Waals surface area contributed by atoms with E-state index >= 15 is 0 Å². The zero-order valence-electron chi connectivity index (χ0n) is 14.8. The van der Waals surface area contributed by atoms with Crippen molar-refractivity contribution < 1.29 is 4.79 Å². The lowest BCUT2D eigenvalue weighted by molar-refractivity contribution is 0.0779. The van der Waals surface area contributed by atoms with Gasteiger partial charge in [-0.15, -0.1) is 0 Å². The summed E-state index contributed by atoms with van der Waals surface area (Å²) in [5.74, 6) is 0.719. The van der Waals surface area contributed by atoms with E-state index in [0.717, 1.165) is 37.3 Å². The van der Waals surface area contributed by atoms with Crippen molar-refractivity contribution in [2.24, 2.45) is 0 Å². The first-order chi connectivity index (χ1) is 11.7. The average molecular weight is 326 g/mol. The molecule has 0 saturated carbocycles. The van der Waals surface area contributed by atoms with Gasteiger partial charge >= 0.3 is 0 Å². The van der Waals surface area contributed by atoms with Crippen molar-refractivity contribution in [2.45, 2.75) is 33.2 Å². The topological polar surface area (TPSA) is 49.3 Å². The number of rotatable bonds is 8. The predicted molar refractivity (Wildman–Crippen MR) is 97.1 cm³/mol. The highest BCUT2D eigenvalue weighted by Crippen LogP contribution is 2.12. The van der Waals surface area contributed by atoms with E-state index in [0.29, 0.717) is 12.2 Å². The molecule has 0 unspecified atom stereocenters. The fourth-order valence-electron chi connectivity index (χ4n) is 2.60. The number of aromatic nitrogens is 2. The summed E-state index contributed by atoms with van der Waals surface area (Å²) in [6.45, 7) is 6.74. The van der Waals surface area contributed by atoms with E-state index in [1.54, 1.807) is 24.3 Å². The van der Waals surface area contributed by atoms with Gasteiger partial charge in [-0.1, -0.05) is 44.2 Å². The Morgan fingerprint density at radius 1 is 1.00 bits per heavy atom. The van der Waals surface area contributed by atoms with E-state index in [-0.39, 0.29) is 5.91 Å². The third-order valence-electron chi connectivity index (χ3n) is 3.78. The molecule has 0 aliphatic rings. The van der Waals surface area contributed by atoms with Gasteiger partial charge in [-0.05, 0) is 18.4 Å². The second-order valence-electron chi connectivity index (χ2n) is 5.89. The molecule has 0 saturated heterocycles. The van der Waals surface area contributed by atoms with Crippen LogP contribution in [0.5, 0.6) is 0 Å². The van der Waals surface area contributed by atoms with Crippen LogP contribution >= 0.6 is 0 Å². The highest BCUT2D eigenvalue weighted by atomic mass is 16.2. The molecule has 24 heavy (non-hydrogen) atoms. The molecule has 5 nitrogen and oxygen atoms in total. The first-order valence-electron chi connectivity index (χ1n) is 8.52. The molecule has 0 spiro atoms. The SMILES string of the molecule is CCCN(CCC)c1cnc(C(=O)N(C)Cc2ccccc2)cn1. The molecule has 0 bridgehead atoms. The van der Waals surface area contributed by atoms with Gasteiger partial charge in [0, 0.05) is 26.7 Å². The molecule has 0 aliphatic carbocycles. The molecule has 1 aromatic heterocycles. The number of nitrogens with zero attached hydrogens (tertiary/aromatic N) is 4. The second kappa shape index (κ2) is 9.01. The molecule has 0 aliphatic heterocycles. The number of anilines is 1. The molecule has 5 heteroatoms. The van der Waals surface area contributed by atoms with Crippen LogP contribution in [-0.2, 0) is 6.54 Å². The molecular formula is C19H26N4O. The number of hydrogen-bond donors (Lipinski definition) is 0. The van der Waals surface area contributed by atoms with Gasteiger partial charge in [0.25, 0.3) is 5.91 Å². The largest absolute Gasteiger partial charge is 0.355 e. The van der Waals surface area contributed by atoms with Gasteiger partial charge in [0.05, 0.1) is 12.4 Å². The second-order valence-corrected chi connectivity index (χ2v) is 5.89. The summed E-state index contributed by atoms with van der Waals surface area (Å²) in [4.78, 5) is 25.1. The molecule has 2 aromatic rings. The van der Waals surface area contributed by atoms with Crippen molar-refractivity contribution in [1.29, 1.82) is 0 Å². The summed E-state index contributed by atoms with van der Waals surface area (Å²) in [7, 11) is 1.78. The fourth-order valence-corrected chi connectivity index (χ4v) is 2.60. The molecule has 128 valence electrons. The summed E-state index contributed by atoms with van der Waals surface area (Å²) in [6.07, 6.45) is 5.40. The van der Waals surface area contributed by atoms with Crippen molar-refractivity contribution in [3.63, 3.8) is 0 Å². The maximum Gasteiger partial charge on any atom is 0.274 e. The Kier molecular flexibility index (Phi) is 6.73. The Labute approximate surface area is 144 Å². The molecule has 1 heterocycles. The lowest BCUT2D eigenvalue weighted by atomic mass is 10.2. The molecule has 0 N–H and O–H groups in total. The lowest BCUT2D eigenvalue weighted by Crippen LogP contribution is -2.28. The smallest absolute Gasteiger partial charge is 0.274 e. The molecule has 2 rings (SSSR count). The summed E-state index contributed by atoms with van der Waals surface area (Å²) in [5.41, 5.74) is 1.47. The van der Waals surface area contributed by atoms with Crippen LogP contribution in [0.3, 0.4) is 0 Å². The van der Waals surface area contributed by atoms with Crippen LogP contribution in [0.1, 0.15) is 42.7 Å². The van der Waals surface area contributed by atoms with Crippen molar-refractivity contribution in [2.75, 3.05) is 25.0 Å². The quantitative estimate of drug-likeness (QED) is 0.746. The minimum Gasteiger partial charge on any atom is -0.355 e. The number of benzene rings is 1. The minimum atomic E-state index is -0.115. The van der Waals surface area contributed by atoms with Crippen molar-refractivity contribution in [3.05, 3.63) is 54.0 Å². The minimum absolute atomic E-state index is 0.115. The van der Waals surface area contributed by atoms with E-state index in [4.69, 9.17) is 0 Å². The fraction of sp³-hybridized carbons (Fsp3) is 0.421. The molecule has 1 aromatic carbocycles. The van der Waals surface area contributed by atoms with Gasteiger partial charge in [0.15, 0.2) is 0 Å². The maximum absolute atomic E-state index is 12.5. The maximum atomic E-state index is 12.5. The third-order valence-corrected chi connectivity index (χ3v) is 3.78. The number of hydrogen-bond acceptors (Lipinski definition) is 4. The molecule has 0 atom stereocenters. The highest BCUT2D eigenvalue weighted by molar-refractivity contribution is 5.91. The monoisotopic (exact) mass is 326 g/mol. The van der Waals surface area contributed by atoms with Crippen LogP contribution in [0.2, 0.25) is 0 Å². The average Bonchev–Trinajstić information content (AvgIpc) is 2.62. The highest BCUT2D eigenvalue weighted by Gasteiger charge is 2.15. The van der Waals surface area contributed by atoms with Crippen LogP contribution in [0.25, 0.3) is 0 Å². The normalized spacial score (nSPS) is 10.5. The molecule has 0 fully saturated rings. The van der Waals surface area contributed by atoms with E-state index in [9.17, 15) is 4.79 Å². The Balaban J connectivity index is 2.04. The summed E-state index contributed by atoms with van der Waals surface area (Å²) < 4.78 is 0. The van der Waals surface area contributed by atoms with Crippen LogP contribution in [0, 0.1) is 0 Å². The van der Waals surface area contributed by atoms with Gasteiger partial charge in [-0.25, -0.2) is 9.97 Å². The van der Waals surface area contributed by atoms with Crippen LogP contribution < -0.4 is 4.90 Å². The Morgan fingerprint density at radius 3 is 2.21 bits per heavy atom. The Hall–Kier alpha value is -2.43. The first-order valence-corrected chi connectivity index (χ1v) is 8.52. The zero-order valence-corrected chi connectivity index (χ0v) is 14.8. The predicted octanol–water partition coefficient (Wildman–Crippen LogP) is 3.38. The van der Waals surface area contributed by atoms with E-state index in [1.165, 1.54) is 0 Å². The van der Waals surface area contributed by atoms with Gasteiger partial charge in [0.1, 0.15) is 11.5 Å². The lowest BCUT2D eigenvalue weighted by Gasteiger charge is -2.22. The van der Waals surface area contributed by atoms with E-state index < -0.39 is 0 Å². The van der Waals surface area contributed by atoms with Crippen molar-refractivity contribution in [1.82, 2.24) is 14.9 Å². The van der Waals surface area contributed by atoms with Gasteiger partial charge in [0.2, 0.25) is 0 Å². The van der Waals surface area contributed by atoms with Gasteiger partial charge in [-0.2, -0.15) is 0 Å². The third kappa shape index (κ3) is 4.78. The van der Waals surface area contributed by atoms with Crippen LogP contribution in [0.15, 0.2) is 42.7 Å². The van der Waals surface area contributed by atoms with Crippen LogP contribution in [-0.4, -0.2) is 40.9 Å². The first kappa shape index (κ1) is 17.9. The Bertz CT molecular complexity index is 622. The summed E-state index contributed by atoms with van der Waals surface area (Å²) in [5, 5.41) is 0. The van der Waals surface area contributed by atoms with E-state index in [2.05, 4.69) is 28.7 Å². The molecule has 0 radical (unpaired) electrons. The van der Waals surface area contributed by atoms with Crippen molar-refractivity contribution in [3.8, 4) is 0 Å². The molecule has 1 amide bonds. The van der Waals surface area contributed by atoms with Crippen molar-refractivity contribution >= 4 is 11.7 Å². The number of carbonyl (C=O) groups excluding carboxylic acids is 1. The van der Waals surface area contributed by atoms with Gasteiger partial charge < -0.3 is 9.80 Å². The standard InChI is InChI=1S/C19H26N4O/c1-4-11-23(12-5-2)18-14-20-17(13-21-18)19(24)22(3)15-16-9-7-6-8-10-16/h6-10,13-14H,4-5,11-12,15H2,1-3H3. The van der Waals surface area contributed by atoms with Crippen LogP contribution in [0.4, 0.5) is 5.82 Å². The Morgan fingerprint density at radius 2 is 1.67 bits per heavy atom.